The van der Waals surface area contributed by atoms with Gasteiger partial charge in [-0.15, -0.1) is 0 Å². The van der Waals surface area contributed by atoms with E-state index < -0.39 is 17.8 Å². The molecule has 0 bridgehead atoms. The molecule has 130 valence electrons. The van der Waals surface area contributed by atoms with Crippen LogP contribution < -0.4 is 5.32 Å². The van der Waals surface area contributed by atoms with Crippen LogP contribution in [0.2, 0.25) is 0 Å². The maximum absolute atomic E-state index is 12.1. The maximum Gasteiger partial charge on any atom is 0.308 e. The first-order valence-corrected chi connectivity index (χ1v) is 7.97. The molecule has 1 atom stereocenters. The molecule has 1 unspecified atom stereocenters. The van der Waals surface area contributed by atoms with Gasteiger partial charge in [-0.2, -0.15) is 0 Å². The van der Waals surface area contributed by atoms with Gasteiger partial charge in [-0.05, 0) is 37.5 Å². The number of carbonyl (C=O) groups excluding carboxylic acids is 2. The van der Waals surface area contributed by atoms with E-state index in [1.807, 2.05) is 6.92 Å². The standard InChI is InChI=1S/C17H22N2O5/c1-11-4-5-13(14(20)9-11)16(22)18-7-6-15(21)19-8-2-3-12(10-19)17(23)24/h4-5,9,12,20H,2-3,6-8,10H2,1H3,(H,18,22)(H,23,24). The highest BCUT2D eigenvalue weighted by molar-refractivity contribution is 5.97. The number of benzene rings is 1. The van der Waals surface area contributed by atoms with Gasteiger partial charge in [-0.3, -0.25) is 14.4 Å². The van der Waals surface area contributed by atoms with Crippen LogP contribution in [0, 0.1) is 12.8 Å². The van der Waals surface area contributed by atoms with Gasteiger partial charge in [0.2, 0.25) is 5.91 Å². The molecule has 1 heterocycles. The minimum absolute atomic E-state index is 0.0980. The van der Waals surface area contributed by atoms with E-state index in [0.717, 1.165) is 5.56 Å². The van der Waals surface area contributed by atoms with Crippen LogP contribution in [0.3, 0.4) is 0 Å². The fourth-order valence-electron chi connectivity index (χ4n) is 2.78. The molecule has 0 saturated carbocycles. The fourth-order valence-corrected chi connectivity index (χ4v) is 2.78. The van der Waals surface area contributed by atoms with Crippen LogP contribution in [0.25, 0.3) is 0 Å². The number of nitrogens with zero attached hydrogens (tertiary/aromatic N) is 1. The Labute approximate surface area is 140 Å². The van der Waals surface area contributed by atoms with Crippen molar-refractivity contribution in [1.82, 2.24) is 10.2 Å². The van der Waals surface area contributed by atoms with E-state index >= 15 is 0 Å². The third-order valence-electron chi connectivity index (χ3n) is 4.15. The van der Waals surface area contributed by atoms with Crippen molar-refractivity contribution >= 4 is 17.8 Å². The van der Waals surface area contributed by atoms with Gasteiger partial charge in [0, 0.05) is 26.1 Å². The fraction of sp³-hybridized carbons (Fsp3) is 0.471. The number of aliphatic carboxylic acids is 1. The van der Waals surface area contributed by atoms with E-state index in [9.17, 15) is 19.5 Å². The SMILES string of the molecule is Cc1ccc(C(=O)NCCC(=O)N2CCCC(C(=O)O)C2)c(O)c1. The van der Waals surface area contributed by atoms with E-state index in [1.165, 1.54) is 17.0 Å². The van der Waals surface area contributed by atoms with Gasteiger partial charge >= 0.3 is 5.97 Å². The summed E-state index contributed by atoms with van der Waals surface area (Å²) in [4.78, 5) is 36.7. The molecule has 2 amide bonds. The molecule has 1 saturated heterocycles. The lowest BCUT2D eigenvalue weighted by atomic mass is 9.98. The molecule has 0 spiro atoms. The first-order valence-electron chi connectivity index (χ1n) is 7.97. The molecule has 1 fully saturated rings. The Balaban J connectivity index is 1.81. The second kappa shape index (κ2) is 7.81. The Bertz CT molecular complexity index is 644. The predicted molar refractivity (Wildman–Crippen MR) is 86.7 cm³/mol. The second-order valence-electron chi connectivity index (χ2n) is 6.04. The van der Waals surface area contributed by atoms with Crippen LogP contribution in [0.1, 0.15) is 35.2 Å². The van der Waals surface area contributed by atoms with Crippen LogP contribution in [-0.4, -0.2) is 52.5 Å². The van der Waals surface area contributed by atoms with E-state index in [-0.39, 0.29) is 36.7 Å². The number of hydrogen-bond acceptors (Lipinski definition) is 4. The summed E-state index contributed by atoms with van der Waals surface area (Å²) in [5.41, 5.74) is 1.01. The Morgan fingerprint density at radius 3 is 2.75 bits per heavy atom. The van der Waals surface area contributed by atoms with Crippen LogP contribution in [0.5, 0.6) is 5.75 Å². The van der Waals surface area contributed by atoms with Crippen molar-refractivity contribution < 1.29 is 24.6 Å². The van der Waals surface area contributed by atoms with Gasteiger partial charge in [-0.25, -0.2) is 0 Å². The summed E-state index contributed by atoms with van der Waals surface area (Å²) in [5, 5.41) is 21.4. The summed E-state index contributed by atoms with van der Waals surface area (Å²) in [6.07, 6.45) is 1.36. The van der Waals surface area contributed by atoms with Crippen molar-refractivity contribution in [3.8, 4) is 5.75 Å². The largest absolute Gasteiger partial charge is 0.507 e. The molecule has 7 nitrogen and oxygen atoms in total. The molecular formula is C17H22N2O5. The van der Waals surface area contributed by atoms with Crippen molar-refractivity contribution in [3.05, 3.63) is 29.3 Å². The van der Waals surface area contributed by atoms with Crippen LogP contribution >= 0.6 is 0 Å². The highest BCUT2D eigenvalue weighted by atomic mass is 16.4. The number of carboxylic acid groups (broad SMARTS) is 1. The first-order chi connectivity index (χ1) is 11.4. The number of aromatic hydroxyl groups is 1. The minimum Gasteiger partial charge on any atom is -0.507 e. The normalized spacial score (nSPS) is 17.4. The second-order valence-corrected chi connectivity index (χ2v) is 6.04. The zero-order valence-electron chi connectivity index (χ0n) is 13.6. The molecule has 1 aromatic carbocycles. The highest BCUT2D eigenvalue weighted by Gasteiger charge is 2.27. The Morgan fingerprint density at radius 2 is 2.08 bits per heavy atom. The number of phenolic OH excluding ortho intramolecular Hbond substituents is 1. The van der Waals surface area contributed by atoms with Crippen molar-refractivity contribution in [2.24, 2.45) is 5.92 Å². The zero-order valence-corrected chi connectivity index (χ0v) is 13.6. The molecule has 1 aromatic rings. The molecule has 7 heteroatoms. The predicted octanol–water partition coefficient (Wildman–Crippen LogP) is 1.14. The summed E-state index contributed by atoms with van der Waals surface area (Å²) >= 11 is 0. The monoisotopic (exact) mass is 334 g/mol. The number of rotatable bonds is 5. The number of hydrogen-bond donors (Lipinski definition) is 3. The molecule has 0 aromatic heterocycles. The number of carbonyl (C=O) groups is 3. The Hall–Kier alpha value is -2.57. The third kappa shape index (κ3) is 4.47. The summed E-state index contributed by atoms with van der Waals surface area (Å²) in [6, 6.07) is 4.75. The molecular weight excluding hydrogens is 312 g/mol. The molecule has 0 radical (unpaired) electrons. The van der Waals surface area contributed by atoms with Crippen LogP contribution in [0.4, 0.5) is 0 Å². The van der Waals surface area contributed by atoms with Crippen molar-refractivity contribution in [1.29, 1.82) is 0 Å². The molecule has 3 N–H and O–H groups in total. The lowest BCUT2D eigenvalue weighted by Gasteiger charge is -2.30. The number of aryl methyl sites for hydroxylation is 1. The van der Waals surface area contributed by atoms with Gasteiger partial charge in [0.15, 0.2) is 0 Å². The lowest BCUT2D eigenvalue weighted by molar-refractivity contribution is -0.145. The van der Waals surface area contributed by atoms with Crippen molar-refractivity contribution in [2.45, 2.75) is 26.2 Å². The smallest absolute Gasteiger partial charge is 0.308 e. The van der Waals surface area contributed by atoms with Crippen molar-refractivity contribution in [2.75, 3.05) is 19.6 Å². The molecule has 1 aliphatic heterocycles. The lowest BCUT2D eigenvalue weighted by Crippen LogP contribution is -2.43. The van der Waals surface area contributed by atoms with E-state index in [0.29, 0.717) is 19.4 Å². The number of nitrogens with one attached hydrogen (secondary N) is 1. The molecule has 2 rings (SSSR count). The van der Waals surface area contributed by atoms with Crippen molar-refractivity contribution in [3.63, 3.8) is 0 Å². The highest BCUT2D eigenvalue weighted by Crippen LogP contribution is 2.19. The Morgan fingerprint density at radius 1 is 1.33 bits per heavy atom. The van der Waals surface area contributed by atoms with Crippen LogP contribution in [-0.2, 0) is 9.59 Å². The summed E-state index contributed by atoms with van der Waals surface area (Å²) < 4.78 is 0. The van der Waals surface area contributed by atoms with Gasteiger partial charge in [-0.1, -0.05) is 6.07 Å². The van der Waals surface area contributed by atoms with E-state index in [4.69, 9.17) is 5.11 Å². The molecule has 0 aliphatic carbocycles. The minimum atomic E-state index is -0.879. The van der Waals surface area contributed by atoms with Gasteiger partial charge < -0.3 is 20.4 Å². The molecule has 24 heavy (non-hydrogen) atoms. The molecule has 1 aliphatic rings. The average molecular weight is 334 g/mol. The van der Waals surface area contributed by atoms with Gasteiger partial charge in [0.1, 0.15) is 5.75 Å². The Kier molecular flexibility index (Phi) is 5.78. The van der Waals surface area contributed by atoms with Crippen LogP contribution in [0.15, 0.2) is 18.2 Å². The summed E-state index contributed by atoms with van der Waals surface area (Å²) in [7, 11) is 0. The van der Waals surface area contributed by atoms with E-state index in [1.54, 1.807) is 6.07 Å². The summed E-state index contributed by atoms with van der Waals surface area (Å²) in [6.45, 7) is 2.72. The topological polar surface area (TPSA) is 107 Å². The van der Waals surface area contributed by atoms with Gasteiger partial charge in [0.25, 0.3) is 5.91 Å². The number of amides is 2. The number of carboxylic acids is 1. The summed E-state index contributed by atoms with van der Waals surface area (Å²) in [5.74, 6) is -2.10. The quantitative estimate of drug-likeness (QED) is 0.749. The number of likely N-dealkylation sites (tertiary alicyclic amines) is 1. The van der Waals surface area contributed by atoms with Gasteiger partial charge in [0.05, 0.1) is 11.5 Å². The number of piperidine rings is 1. The maximum atomic E-state index is 12.1. The van der Waals surface area contributed by atoms with E-state index in [2.05, 4.69) is 5.32 Å². The third-order valence-corrected chi connectivity index (χ3v) is 4.15. The first kappa shape index (κ1) is 17.8. The average Bonchev–Trinajstić information content (AvgIpc) is 2.54. The zero-order chi connectivity index (χ0) is 17.7. The number of phenols is 1.